The maximum atomic E-state index is 13.0. The second kappa shape index (κ2) is 3.81. The Morgan fingerprint density at radius 3 is 2.60 bits per heavy atom. The molecule has 82 valence electrons. The minimum atomic E-state index is -0.173. The Bertz CT molecular complexity index is 339. The van der Waals surface area contributed by atoms with Gasteiger partial charge in [-0.15, -0.1) is 0 Å². The molecule has 2 N–H and O–H groups in total. The molecule has 1 aromatic rings. The number of nitrogens with zero attached hydrogens (tertiary/aromatic N) is 1. The zero-order chi connectivity index (χ0) is 10.9. The van der Waals surface area contributed by atoms with Gasteiger partial charge in [0.25, 0.3) is 0 Å². The van der Waals surface area contributed by atoms with Gasteiger partial charge in [0.15, 0.2) is 0 Å². The van der Waals surface area contributed by atoms with Crippen LogP contribution in [0.1, 0.15) is 19.8 Å². The molecule has 2 nitrogen and oxygen atoms in total. The first-order valence-corrected chi connectivity index (χ1v) is 5.36. The topological polar surface area (TPSA) is 29.3 Å². The average Bonchev–Trinajstić information content (AvgIpc) is 2.17. The number of halogens is 1. The van der Waals surface area contributed by atoms with Crippen LogP contribution in [0.15, 0.2) is 24.3 Å². The van der Waals surface area contributed by atoms with E-state index in [1.807, 2.05) is 6.07 Å². The van der Waals surface area contributed by atoms with Crippen LogP contribution >= 0.6 is 0 Å². The van der Waals surface area contributed by atoms with Crippen molar-refractivity contribution in [1.29, 1.82) is 0 Å². The van der Waals surface area contributed by atoms with Gasteiger partial charge in [-0.2, -0.15) is 0 Å². The molecule has 1 heterocycles. The molecule has 1 saturated heterocycles. The molecule has 0 radical (unpaired) electrons. The third-order valence-electron chi connectivity index (χ3n) is 3.08. The lowest BCUT2D eigenvalue weighted by atomic mass is 9.91. The van der Waals surface area contributed by atoms with Gasteiger partial charge in [0.1, 0.15) is 5.82 Å². The Kier molecular flexibility index (Phi) is 2.65. The zero-order valence-electron chi connectivity index (χ0n) is 9.04. The Balaban J connectivity index is 2.08. The summed E-state index contributed by atoms with van der Waals surface area (Å²) in [5, 5.41) is 0. The summed E-state index contributed by atoms with van der Waals surface area (Å²) < 4.78 is 13.0. The number of nitrogens with two attached hydrogens (primary N) is 1. The van der Waals surface area contributed by atoms with Crippen molar-refractivity contribution < 1.29 is 4.39 Å². The van der Waals surface area contributed by atoms with Crippen molar-refractivity contribution in [2.45, 2.75) is 25.3 Å². The number of benzene rings is 1. The Hall–Kier alpha value is -1.09. The van der Waals surface area contributed by atoms with Crippen molar-refractivity contribution in [3.8, 4) is 0 Å². The molecule has 0 atom stereocenters. The molecule has 15 heavy (non-hydrogen) atoms. The third kappa shape index (κ3) is 2.48. The van der Waals surface area contributed by atoms with E-state index in [0.29, 0.717) is 0 Å². The molecule has 1 aromatic carbocycles. The molecule has 1 aliphatic rings. The van der Waals surface area contributed by atoms with Crippen molar-refractivity contribution in [3.63, 3.8) is 0 Å². The van der Waals surface area contributed by atoms with Crippen LogP contribution in [0, 0.1) is 5.82 Å². The SMILES string of the molecule is CC1(N)CCN(c2cccc(F)c2)CC1. The van der Waals surface area contributed by atoms with Crippen LogP contribution in [0.2, 0.25) is 0 Å². The second-order valence-corrected chi connectivity index (χ2v) is 4.62. The fourth-order valence-corrected chi connectivity index (χ4v) is 1.95. The zero-order valence-corrected chi connectivity index (χ0v) is 9.04. The van der Waals surface area contributed by atoms with Crippen molar-refractivity contribution in [2.75, 3.05) is 18.0 Å². The molecule has 0 aliphatic carbocycles. The Morgan fingerprint density at radius 1 is 1.33 bits per heavy atom. The normalized spacial score (nSPS) is 20.3. The van der Waals surface area contributed by atoms with E-state index in [9.17, 15) is 4.39 Å². The first-order chi connectivity index (χ1) is 7.07. The van der Waals surface area contributed by atoms with Crippen LogP contribution in [-0.4, -0.2) is 18.6 Å². The summed E-state index contributed by atoms with van der Waals surface area (Å²) in [7, 11) is 0. The van der Waals surface area contributed by atoms with Crippen LogP contribution in [0.3, 0.4) is 0 Å². The van der Waals surface area contributed by atoms with Gasteiger partial charge in [-0.3, -0.25) is 0 Å². The van der Waals surface area contributed by atoms with E-state index in [4.69, 9.17) is 5.73 Å². The van der Waals surface area contributed by atoms with E-state index in [-0.39, 0.29) is 11.4 Å². The molecule has 0 saturated carbocycles. The quantitative estimate of drug-likeness (QED) is 0.766. The lowest BCUT2D eigenvalue weighted by Crippen LogP contribution is -2.48. The van der Waals surface area contributed by atoms with Crippen molar-refractivity contribution in [1.82, 2.24) is 0 Å². The fourth-order valence-electron chi connectivity index (χ4n) is 1.95. The molecule has 2 rings (SSSR count). The van der Waals surface area contributed by atoms with Gasteiger partial charge >= 0.3 is 0 Å². The van der Waals surface area contributed by atoms with Crippen LogP contribution in [0.4, 0.5) is 10.1 Å². The first-order valence-electron chi connectivity index (χ1n) is 5.36. The van der Waals surface area contributed by atoms with Gasteiger partial charge in [-0.05, 0) is 38.0 Å². The Labute approximate surface area is 89.9 Å². The number of hydrogen-bond donors (Lipinski definition) is 1. The molecule has 3 heteroatoms. The van der Waals surface area contributed by atoms with Crippen LogP contribution in [-0.2, 0) is 0 Å². The molecular formula is C12H17FN2. The molecule has 1 aliphatic heterocycles. The molecule has 0 aromatic heterocycles. The first kappa shape index (κ1) is 10.4. The van der Waals surface area contributed by atoms with E-state index >= 15 is 0 Å². The highest BCUT2D eigenvalue weighted by atomic mass is 19.1. The monoisotopic (exact) mass is 208 g/mol. The van der Waals surface area contributed by atoms with Crippen molar-refractivity contribution >= 4 is 5.69 Å². The van der Waals surface area contributed by atoms with Crippen LogP contribution in [0.25, 0.3) is 0 Å². The standard InChI is InChI=1S/C12H17FN2/c1-12(14)5-7-15(8-6-12)11-4-2-3-10(13)9-11/h2-4,9H,5-8,14H2,1H3. The molecule has 1 fully saturated rings. The molecular weight excluding hydrogens is 191 g/mol. The number of rotatable bonds is 1. The lowest BCUT2D eigenvalue weighted by molar-refractivity contribution is 0.364. The number of piperidine rings is 1. The Morgan fingerprint density at radius 2 is 2.00 bits per heavy atom. The maximum absolute atomic E-state index is 13.0. The number of hydrogen-bond acceptors (Lipinski definition) is 2. The number of anilines is 1. The lowest BCUT2D eigenvalue weighted by Gasteiger charge is -2.38. The predicted molar refractivity (Wildman–Crippen MR) is 60.4 cm³/mol. The smallest absolute Gasteiger partial charge is 0.125 e. The van der Waals surface area contributed by atoms with Crippen LogP contribution in [0.5, 0.6) is 0 Å². The fraction of sp³-hybridized carbons (Fsp3) is 0.500. The second-order valence-electron chi connectivity index (χ2n) is 4.62. The molecule has 0 amide bonds. The predicted octanol–water partition coefficient (Wildman–Crippen LogP) is 2.14. The summed E-state index contributed by atoms with van der Waals surface area (Å²) in [5.74, 6) is -0.173. The summed E-state index contributed by atoms with van der Waals surface area (Å²) in [6, 6.07) is 6.75. The highest BCUT2D eigenvalue weighted by Crippen LogP contribution is 2.24. The maximum Gasteiger partial charge on any atom is 0.125 e. The minimum absolute atomic E-state index is 0.0518. The van der Waals surface area contributed by atoms with Gasteiger partial charge in [0.05, 0.1) is 0 Å². The highest BCUT2D eigenvalue weighted by molar-refractivity contribution is 5.47. The average molecular weight is 208 g/mol. The summed E-state index contributed by atoms with van der Waals surface area (Å²) >= 11 is 0. The molecule has 0 unspecified atom stereocenters. The summed E-state index contributed by atoms with van der Waals surface area (Å²) in [6.07, 6.45) is 1.92. The van der Waals surface area contributed by atoms with E-state index in [0.717, 1.165) is 31.6 Å². The summed E-state index contributed by atoms with van der Waals surface area (Å²) in [6.45, 7) is 3.91. The van der Waals surface area contributed by atoms with E-state index in [1.54, 1.807) is 12.1 Å². The largest absolute Gasteiger partial charge is 0.371 e. The summed E-state index contributed by atoms with van der Waals surface area (Å²) in [5.41, 5.74) is 6.96. The van der Waals surface area contributed by atoms with E-state index in [2.05, 4.69) is 11.8 Å². The van der Waals surface area contributed by atoms with Crippen molar-refractivity contribution in [3.05, 3.63) is 30.1 Å². The highest BCUT2D eigenvalue weighted by Gasteiger charge is 2.25. The van der Waals surface area contributed by atoms with Gasteiger partial charge in [0.2, 0.25) is 0 Å². The van der Waals surface area contributed by atoms with Gasteiger partial charge in [0, 0.05) is 24.3 Å². The third-order valence-corrected chi connectivity index (χ3v) is 3.08. The van der Waals surface area contributed by atoms with E-state index in [1.165, 1.54) is 6.07 Å². The van der Waals surface area contributed by atoms with Crippen LogP contribution < -0.4 is 10.6 Å². The van der Waals surface area contributed by atoms with Gasteiger partial charge < -0.3 is 10.6 Å². The van der Waals surface area contributed by atoms with E-state index < -0.39 is 0 Å². The van der Waals surface area contributed by atoms with Crippen molar-refractivity contribution in [2.24, 2.45) is 5.73 Å². The summed E-state index contributed by atoms with van der Waals surface area (Å²) in [4.78, 5) is 2.19. The van der Waals surface area contributed by atoms with Gasteiger partial charge in [-0.25, -0.2) is 4.39 Å². The molecule has 0 bridgehead atoms. The van der Waals surface area contributed by atoms with Gasteiger partial charge in [-0.1, -0.05) is 6.07 Å². The minimum Gasteiger partial charge on any atom is -0.371 e. The molecule has 0 spiro atoms.